The summed E-state index contributed by atoms with van der Waals surface area (Å²) in [4.78, 5) is 12.2. The van der Waals surface area contributed by atoms with Crippen molar-refractivity contribution >= 4 is 28.1 Å². The van der Waals surface area contributed by atoms with Gasteiger partial charge in [0, 0.05) is 10.9 Å². The van der Waals surface area contributed by atoms with E-state index in [-0.39, 0.29) is 5.91 Å². The number of fused-ring (bicyclic) bond motifs is 1. The summed E-state index contributed by atoms with van der Waals surface area (Å²) in [5, 5.41) is 4.89. The molecule has 20 heavy (non-hydrogen) atoms. The number of hydrogen-bond acceptors (Lipinski definition) is 2. The van der Waals surface area contributed by atoms with Crippen molar-refractivity contribution in [1.82, 2.24) is 0 Å². The largest absolute Gasteiger partial charge is 0.397 e. The number of nitrogen functional groups attached to an aromatic ring is 1. The van der Waals surface area contributed by atoms with Crippen LogP contribution in [0.3, 0.4) is 0 Å². The first-order valence-corrected chi connectivity index (χ1v) is 6.39. The summed E-state index contributed by atoms with van der Waals surface area (Å²) in [7, 11) is 0. The summed E-state index contributed by atoms with van der Waals surface area (Å²) in [5.74, 6) is -0.159. The molecule has 3 aromatic rings. The van der Waals surface area contributed by atoms with Crippen LogP contribution in [0.1, 0.15) is 10.4 Å². The monoisotopic (exact) mass is 262 g/mol. The molecule has 0 aliphatic rings. The van der Waals surface area contributed by atoms with Crippen LogP contribution in [0.15, 0.2) is 66.7 Å². The van der Waals surface area contributed by atoms with E-state index in [1.807, 2.05) is 54.6 Å². The lowest BCUT2D eigenvalue weighted by atomic mass is 10.1. The van der Waals surface area contributed by atoms with E-state index < -0.39 is 0 Å². The highest BCUT2D eigenvalue weighted by atomic mass is 16.1. The van der Waals surface area contributed by atoms with Crippen LogP contribution < -0.4 is 11.1 Å². The normalized spacial score (nSPS) is 10.4. The Balaban J connectivity index is 2.03. The number of benzene rings is 3. The molecule has 0 atom stereocenters. The Morgan fingerprint density at radius 1 is 0.850 bits per heavy atom. The molecule has 1 amide bonds. The third kappa shape index (κ3) is 2.21. The fourth-order valence-electron chi connectivity index (χ4n) is 2.20. The van der Waals surface area contributed by atoms with Crippen molar-refractivity contribution in [3.8, 4) is 0 Å². The zero-order valence-electron chi connectivity index (χ0n) is 10.8. The fourth-order valence-corrected chi connectivity index (χ4v) is 2.20. The summed E-state index contributed by atoms with van der Waals surface area (Å²) < 4.78 is 0. The minimum Gasteiger partial charge on any atom is -0.397 e. The molecule has 0 saturated carbocycles. The van der Waals surface area contributed by atoms with Gasteiger partial charge < -0.3 is 11.1 Å². The van der Waals surface area contributed by atoms with E-state index in [9.17, 15) is 4.79 Å². The molecule has 0 radical (unpaired) electrons. The molecule has 0 aliphatic heterocycles. The molecule has 0 spiro atoms. The third-order valence-electron chi connectivity index (χ3n) is 3.24. The van der Waals surface area contributed by atoms with E-state index in [2.05, 4.69) is 5.32 Å². The molecule has 0 aliphatic carbocycles. The summed E-state index contributed by atoms with van der Waals surface area (Å²) in [6.45, 7) is 0. The highest BCUT2D eigenvalue weighted by Crippen LogP contribution is 2.29. The molecule has 0 fully saturated rings. The molecule has 0 heterocycles. The van der Waals surface area contributed by atoms with Crippen molar-refractivity contribution in [2.45, 2.75) is 0 Å². The van der Waals surface area contributed by atoms with Crippen LogP contribution in [0, 0.1) is 0 Å². The van der Waals surface area contributed by atoms with Crippen molar-refractivity contribution in [2.24, 2.45) is 0 Å². The maximum atomic E-state index is 12.2. The zero-order chi connectivity index (χ0) is 13.9. The van der Waals surface area contributed by atoms with E-state index in [1.54, 1.807) is 12.1 Å². The van der Waals surface area contributed by atoms with Gasteiger partial charge in [-0.25, -0.2) is 0 Å². The van der Waals surface area contributed by atoms with Crippen LogP contribution in [0.4, 0.5) is 11.4 Å². The molecule has 3 aromatic carbocycles. The van der Waals surface area contributed by atoms with E-state index in [0.717, 1.165) is 10.8 Å². The van der Waals surface area contributed by atoms with Crippen LogP contribution in [0.2, 0.25) is 0 Å². The average Bonchev–Trinajstić information content (AvgIpc) is 2.51. The van der Waals surface area contributed by atoms with Crippen LogP contribution in [-0.4, -0.2) is 5.91 Å². The molecule has 0 aromatic heterocycles. The topological polar surface area (TPSA) is 55.1 Å². The van der Waals surface area contributed by atoms with Gasteiger partial charge in [0.15, 0.2) is 0 Å². The van der Waals surface area contributed by atoms with E-state index in [0.29, 0.717) is 16.9 Å². The number of carbonyl (C=O) groups is 1. The predicted octanol–water partition coefficient (Wildman–Crippen LogP) is 3.67. The van der Waals surface area contributed by atoms with Gasteiger partial charge in [0.05, 0.1) is 11.4 Å². The summed E-state index contributed by atoms with van der Waals surface area (Å²) in [5.41, 5.74) is 7.84. The Kier molecular flexibility index (Phi) is 3.09. The van der Waals surface area contributed by atoms with Gasteiger partial charge in [-0.05, 0) is 23.6 Å². The summed E-state index contributed by atoms with van der Waals surface area (Å²) >= 11 is 0. The van der Waals surface area contributed by atoms with Crippen LogP contribution in [0.25, 0.3) is 10.8 Å². The van der Waals surface area contributed by atoms with Crippen molar-refractivity contribution in [1.29, 1.82) is 0 Å². The molecule has 3 rings (SSSR count). The van der Waals surface area contributed by atoms with E-state index in [4.69, 9.17) is 5.73 Å². The van der Waals surface area contributed by atoms with Crippen LogP contribution in [0.5, 0.6) is 0 Å². The standard InChI is InChI=1S/C17H14N2O/c18-15-11-10-12-6-4-5-9-14(12)16(15)19-17(20)13-7-2-1-3-8-13/h1-11H,18H2,(H,19,20). The van der Waals surface area contributed by atoms with Crippen LogP contribution >= 0.6 is 0 Å². The lowest BCUT2D eigenvalue weighted by Crippen LogP contribution is -2.13. The SMILES string of the molecule is Nc1ccc2ccccc2c1NC(=O)c1ccccc1. The first-order chi connectivity index (χ1) is 9.75. The van der Waals surface area contributed by atoms with Gasteiger partial charge in [0.1, 0.15) is 0 Å². The fraction of sp³-hybridized carbons (Fsp3) is 0. The Morgan fingerprint density at radius 2 is 1.55 bits per heavy atom. The number of anilines is 2. The molecule has 3 heteroatoms. The van der Waals surface area contributed by atoms with Crippen molar-refractivity contribution in [2.75, 3.05) is 11.1 Å². The number of nitrogens with one attached hydrogen (secondary N) is 1. The first kappa shape index (κ1) is 12.2. The Labute approximate surface area is 117 Å². The van der Waals surface area contributed by atoms with Crippen molar-refractivity contribution in [3.63, 3.8) is 0 Å². The maximum Gasteiger partial charge on any atom is 0.255 e. The zero-order valence-corrected chi connectivity index (χ0v) is 10.8. The second-order valence-electron chi connectivity index (χ2n) is 4.57. The Hall–Kier alpha value is -2.81. The number of rotatable bonds is 2. The minimum atomic E-state index is -0.159. The smallest absolute Gasteiger partial charge is 0.255 e. The number of hydrogen-bond donors (Lipinski definition) is 2. The molecule has 0 unspecified atom stereocenters. The highest BCUT2D eigenvalue weighted by molar-refractivity contribution is 6.12. The van der Waals surface area contributed by atoms with Crippen LogP contribution in [-0.2, 0) is 0 Å². The minimum absolute atomic E-state index is 0.159. The quantitative estimate of drug-likeness (QED) is 0.692. The van der Waals surface area contributed by atoms with Gasteiger partial charge in [0.2, 0.25) is 0 Å². The third-order valence-corrected chi connectivity index (χ3v) is 3.24. The highest BCUT2D eigenvalue weighted by Gasteiger charge is 2.10. The second-order valence-corrected chi connectivity index (χ2v) is 4.57. The second kappa shape index (κ2) is 5.05. The molecule has 3 nitrogen and oxygen atoms in total. The number of amides is 1. The van der Waals surface area contributed by atoms with Gasteiger partial charge in [-0.1, -0.05) is 48.5 Å². The molecular formula is C17H14N2O. The van der Waals surface area contributed by atoms with Crippen molar-refractivity contribution in [3.05, 3.63) is 72.3 Å². The van der Waals surface area contributed by atoms with Gasteiger partial charge in [-0.3, -0.25) is 4.79 Å². The molecule has 0 saturated heterocycles. The van der Waals surface area contributed by atoms with E-state index in [1.165, 1.54) is 0 Å². The molecule has 0 bridgehead atoms. The molecule has 3 N–H and O–H groups in total. The Morgan fingerprint density at radius 3 is 2.35 bits per heavy atom. The van der Waals surface area contributed by atoms with Gasteiger partial charge in [-0.2, -0.15) is 0 Å². The van der Waals surface area contributed by atoms with Gasteiger partial charge >= 0.3 is 0 Å². The lowest BCUT2D eigenvalue weighted by molar-refractivity contribution is 0.102. The lowest BCUT2D eigenvalue weighted by Gasteiger charge is -2.11. The van der Waals surface area contributed by atoms with E-state index >= 15 is 0 Å². The summed E-state index contributed by atoms with van der Waals surface area (Å²) in [6, 6.07) is 20.7. The van der Waals surface area contributed by atoms with Crippen molar-refractivity contribution < 1.29 is 4.79 Å². The van der Waals surface area contributed by atoms with Gasteiger partial charge in [-0.15, -0.1) is 0 Å². The molecular weight excluding hydrogens is 248 g/mol. The number of nitrogens with two attached hydrogens (primary N) is 1. The predicted molar refractivity (Wildman–Crippen MR) is 82.8 cm³/mol. The Bertz CT molecular complexity index is 766. The maximum absolute atomic E-state index is 12.2. The first-order valence-electron chi connectivity index (χ1n) is 6.39. The number of carbonyl (C=O) groups excluding carboxylic acids is 1. The summed E-state index contributed by atoms with van der Waals surface area (Å²) in [6.07, 6.45) is 0. The van der Waals surface area contributed by atoms with Gasteiger partial charge in [0.25, 0.3) is 5.91 Å². The molecule has 98 valence electrons. The average molecular weight is 262 g/mol.